The van der Waals surface area contributed by atoms with Crippen LogP contribution in [-0.2, 0) is 13.1 Å². The van der Waals surface area contributed by atoms with Crippen molar-refractivity contribution in [3.8, 4) is 0 Å². The maximum absolute atomic E-state index is 4.39. The number of hydrogen-bond acceptors (Lipinski definition) is 3. The van der Waals surface area contributed by atoms with Crippen LogP contribution < -0.4 is 5.32 Å². The van der Waals surface area contributed by atoms with E-state index in [-0.39, 0.29) is 0 Å². The van der Waals surface area contributed by atoms with E-state index < -0.39 is 0 Å². The van der Waals surface area contributed by atoms with Gasteiger partial charge in [0.25, 0.3) is 0 Å². The molecule has 0 amide bonds. The maximum atomic E-state index is 4.39. The summed E-state index contributed by atoms with van der Waals surface area (Å²) in [5, 5.41) is 7.90. The minimum atomic E-state index is 0.594. The largest absolute Gasteiger partial charge is 0.311 e. The molecule has 2 rings (SSSR count). The third kappa shape index (κ3) is 3.30. The van der Waals surface area contributed by atoms with Crippen molar-refractivity contribution in [2.45, 2.75) is 52.4 Å². The van der Waals surface area contributed by atoms with Gasteiger partial charge in [0.15, 0.2) is 0 Å². The zero-order valence-electron chi connectivity index (χ0n) is 11.2. The summed E-state index contributed by atoms with van der Waals surface area (Å²) in [6.07, 6.45) is 5.33. The molecule has 2 heterocycles. The standard InChI is InChI=1S/C13H24N4/c1-4-5-17-10-13(7-15-17)9-16-8-11(2)14-6-12(16)3/h7,10-12,14H,4-6,8-9H2,1-3H3. The van der Waals surface area contributed by atoms with Crippen LogP contribution in [0.15, 0.2) is 12.4 Å². The topological polar surface area (TPSA) is 33.1 Å². The molecule has 4 nitrogen and oxygen atoms in total. The zero-order valence-corrected chi connectivity index (χ0v) is 11.2. The second-order valence-corrected chi connectivity index (χ2v) is 5.20. The van der Waals surface area contributed by atoms with Gasteiger partial charge in [-0.2, -0.15) is 5.10 Å². The van der Waals surface area contributed by atoms with Gasteiger partial charge in [-0.15, -0.1) is 0 Å². The molecule has 2 atom stereocenters. The monoisotopic (exact) mass is 236 g/mol. The minimum absolute atomic E-state index is 0.594. The van der Waals surface area contributed by atoms with Crippen molar-refractivity contribution in [2.24, 2.45) is 0 Å². The molecule has 0 radical (unpaired) electrons. The molecule has 0 bridgehead atoms. The van der Waals surface area contributed by atoms with Crippen LogP contribution in [0.3, 0.4) is 0 Å². The molecule has 0 spiro atoms. The first-order valence-electron chi connectivity index (χ1n) is 6.67. The van der Waals surface area contributed by atoms with E-state index >= 15 is 0 Å². The van der Waals surface area contributed by atoms with Gasteiger partial charge in [0, 0.05) is 50.0 Å². The van der Waals surface area contributed by atoms with E-state index in [1.807, 2.05) is 10.9 Å². The molecule has 1 N–H and O–H groups in total. The second kappa shape index (κ2) is 5.65. The Morgan fingerprint density at radius 2 is 2.29 bits per heavy atom. The summed E-state index contributed by atoms with van der Waals surface area (Å²) in [5.41, 5.74) is 1.33. The maximum Gasteiger partial charge on any atom is 0.0534 e. The summed E-state index contributed by atoms with van der Waals surface area (Å²) in [4.78, 5) is 2.54. The Balaban J connectivity index is 1.94. The molecule has 1 saturated heterocycles. The van der Waals surface area contributed by atoms with E-state index in [9.17, 15) is 0 Å². The molecular formula is C13H24N4. The van der Waals surface area contributed by atoms with Crippen molar-refractivity contribution >= 4 is 0 Å². The van der Waals surface area contributed by atoms with E-state index in [1.165, 1.54) is 5.56 Å². The van der Waals surface area contributed by atoms with Gasteiger partial charge in [-0.3, -0.25) is 9.58 Å². The van der Waals surface area contributed by atoms with Crippen molar-refractivity contribution in [2.75, 3.05) is 13.1 Å². The van der Waals surface area contributed by atoms with E-state index in [2.05, 4.69) is 42.3 Å². The molecule has 0 aliphatic carbocycles. The summed E-state index contributed by atoms with van der Waals surface area (Å²) in [5.74, 6) is 0. The fraction of sp³-hybridized carbons (Fsp3) is 0.769. The lowest BCUT2D eigenvalue weighted by molar-refractivity contribution is 0.139. The average molecular weight is 236 g/mol. The summed E-state index contributed by atoms with van der Waals surface area (Å²) < 4.78 is 2.05. The molecule has 2 unspecified atom stereocenters. The fourth-order valence-electron chi connectivity index (χ4n) is 2.39. The van der Waals surface area contributed by atoms with Gasteiger partial charge in [0.1, 0.15) is 0 Å². The fourth-order valence-corrected chi connectivity index (χ4v) is 2.39. The van der Waals surface area contributed by atoms with Gasteiger partial charge in [0.2, 0.25) is 0 Å². The predicted octanol–water partition coefficient (Wildman–Crippen LogP) is 1.48. The van der Waals surface area contributed by atoms with Crippen molar-refractivity contribution in [3.63, 3.8) is 0 Å². The van der Waals surface area contributed by atoms with Crippen molar-refractivity contribution in [1.82, 2.24) is 20.0 Å². The van der Waals surface area contributed by atoms with E-state index in [0.717, 1.165) is 32.6 Å². The molecule has 0 saturated carbocycles. The first-order valence-corrected chi connectivity index (χ1v) is 6.67. The van der Waals surface area contributed by atoms with Crippen molar-refractivity contribution < 1.29 is 0 Å². The van der Waals surface area contributed by atoms with Crippen LogP contribution in [-0.4, -0.2) is 39.9 Å². The van der Waals surface area contributed by atoms with E-state index in [0.29, 0.717) is 12.1 Å². The lowest BCUT2D eigenvalue weighted by atomic mass is 10.1. The van der Waals surface area contributed by atoms with Crippen LogP contribution in [0.2, 0.25) is 0 Å². The van der Waals surface area contributed by atoms with Crippen LogP contribution in [0.1, 0.15) is 32.8 Å². The molecule has 96 valence electrons. The first kappa shape index (κ1) is 12.6. The number of hydrogen-bond donors (Lipinski definition) is 1. The lowest BCUT2D eigenvalue weighted by Gasteiger charge is -2.37. The highest BCUT2D eigenvalue weighted by Crippen LogP contribution is 2.11. The number of piperazine rings is 1. The van der Waals surface area contributed by atoms with Crippen LogP contribution in [0.5, 0.6) is 0 Å². The Labute approximate surface area is 104 Å². The number of nitrogens with zero attached hydrogens (tertiary/aromatic N) is 3. The molecule has 1 aliphatic heterocycles. The Morgan fingerprint density at radius 1 is 1.47 bits per heavy atom. The normalized spacial score (nSPS) is 26.3. The summed E-state index contributed by atoms with van der Waals surface area (Å²) in [6.45, 7) is 11.0. The third-order valence-electron chi connectivity index (χ3n) is 3.42. The van der Waals surface area contributed by atoms with Crippen LogP contribution in [0, 0.1) is 0 Å². The quantitative estimate of drug-likeness (QED) is 0.859. The highest BCUT2D eigenvalue weighted by molar-refractivity contribution is 5.04. The van der Waals surface area contributed by atoms with Crippen molar-refractivity contribution in [3.05, 3.63) is 18.0 Å². The van der Waals surface area contributed by atoms with Crippen LogP contribution >= 0.6 is 0 Å². The summed E-state index contributed by atoms with van der Waals surface area (Å²) in [7, 11) is 0. The van der Waals surface area contributed by atoms with Gasteiger partial charge in [-0.1, -0.05) is 6.92 Å². The van der Waals surface area contributed by atoms with Gasteiger partial charge < -0.3 is 5.32 Å². The molecule has 1 aromatic rings. The smallest absolute Gasteiger partial charge is 0.0534 e. The number of nitrogens with one attached hydrogen (secondary N) is 1. The summed E-state index contributed by atoms with van der Waals surface area (Å²) in [6, 6.07) is 1.21. The van der Waals surface area contributed by atoms with Crippen molar-refractivity contribution in [1.29, 1.82) is 0 Å². The van der Waals surface area contributed by atoms with Gasteiger partial charge in [-0.05, 0) is 20.3 Å². The number of aromatic nitrogens is 2. The predicted molar refractivity (Wildman–Crippen MR) is 69.9 cm³/mol. The SMILES string of the molecule is CCCn1cc(CN2CC(C)NCC2C)cn1. The Bertz CT molecular complexity index is 347. The molecule has 17 heavy (non-hydrogen) atoms. The Hall–Kier alpha value is -0.870. The number of rotatable bonds is 4. The molecule has 0 aromatic carbocycles. The Kier molecular flexibility index (Phi) is 4.18. The minimum Gasteiger partial charge on any atom is -0.311 e. The highest BCUT2D eigenvalue weighted by atomic mass is 15.3. The van der Waals surface area contributed by atoms with Gasteiger partial charge in [0.05, 0.1) is 6.20 Å². The van der Waals surface area contributed by atoms with Crippen LogP contribution in [0.25, 0.3) is 0 Å². The lowest BCUT2D eigenvalue weighted by Crippen LogP contribution is -2.53. The number of aryl methyl sites for hydroxylation is 1. The van der Waals surface area contributed by atoms with Crippen LogP contribution in [0.4, 0.5) is 0 Å². The third-order valence-corrected chi connectivity index (χ3v) is 3.42. The molecule has 4 heteroatoms. The Morgan fingerprint density at radius 3 is 3.06 bits per heavy atom. The van der Waals surface area contributed by atoms with Gasteiger partial charge >= 0.3 is 0 Å². The molecular weight excluding hydrogens is 212 g/mol. The summed E-state index contributed by atoms with van der Waals surface area (Å²) >= 11 is 0. The average Bonchev–Trinajstić information content (AvgIpc) is 2.72. The molecule has 1 aromatic heterocycles. The highest BCUT2D eigenvalue weighted by Gasteiger charge is 2.22. The van der Waals surface area contributed by atoms with E-state index in [4.69, 9.17) is 0 Å². The second-order valence-electron chi connectivity index (χ2n) is 5.20. The van der Waals surface area contributed by atoms with Gasteiger partial charge in [-0.25, -0.2) is 0 Å². The molecule has 1 aliphatic rings. The van der Waals surface area contributed by atoms with E-state index in [1.54, 1.807) is 0 Å². The zero-order chi connectivity index (χ0) is 12.3. The first-order chi connectivity index (χ1) is 8.19. The molecule has 1 fully saturated rings.